The molecular weight excluding hydrogens is 170 g/mol. The lowest BCUT2D eigenvalue weighted by atomic mass is 9.95. The van der Waals surface area contributed by atoms with Crippen LogP contribution in [0.2, 0.25) is 0 Å². The monoisotopic (exact) mass is 195 g/mol. The van der Waals surface area contributed by atoms with E-state index in [9.17, 15) is 0 Å². The average Bonchev–Trinajstić information content (AvgIpc) is 2.48. The summed E-state index contributed by atoms with van der Waals surface area (Å²) >= 11 is 0. The smallest absolute Gasteiger partial charge is 0.0258 e. The van der Waals surface area contributed by atoms with Crippen LogP contribution in [-0.4, -0.2) is 17.5 Å². The largest absolute Gasteiger partial charge is 0.372 e. The Labute approximate surface area is 89.2 Å². The molecule has 2 atom stereocenters. The van der Waals surface area contributed by atoms with Crippen molar-refractivity contribution in [3.05, 3.63) is 12.3 Å². The first-order valence-electron chi connectivity index (χ1n) is 6.00. The maximum Gasteiger partial charge on any atom is 0.0258 e. The lowest BCUT2D eigenvalue weighted by molar-refractivity contribution is 0.257. The number of likely N-dealkylation sites (tertiary alicyclic amines) is 1. The van der Waals surface area contributed by atoms with E-state index >= 15 is 0 Å². The molecule has 0 spiro atoms. The van der Waals surface area contributed by atoms with Gasteiger partial charge in [-0.15, -0.1) is 0 Å². The SMILES string of the molecule is C=C1CC(C(C)C)CN1[C@@H](C)CCC. The Hall–Kier alpha value is -0.460. The molecule has 0 aromatic heterocycles. The van der Waals surface area contributed by atoms with Gasteiger partial charge in [-0.2, -0.15) is 0 Å². The van der Waals surface area contributed by atoms with Crippen LogP contribution in [0.15, 0.2) is 12.3 Å². The number of rotatable bonds is 4. The summed E-state index contributed by atoms with van der Waals surface area (Å²) in [4.78, 5) is 2.52. The van der Waals surface area contributed by atoms with Crippen LogP contribution >= 0.6 is 0 Å². The normalized spacial score (nSPS) is 24.8. The Bertz CT molecular complexity index is 195. The van der Waals surface area contributed by atoms with E-state index in [0.717, 1.165) is 11.8 Å². The van der Waals surface area contributed by atoms with Gasteiger partial charge in [-0.1, -0.05) is 33.8 Å². The van der Waals surface area contributed by atoms with Crippen molar-refractivity contribution in [3.63, 3.8) is 0 Å². The molecule has 1 nitrogen and oxygen atoms in total. The van der Waals surface area contributed by atoms with E-state index in [1.165, 1.54) is 31.5 Å². The van der Waals surface area contributed by atoms with Crippen LogP contribution < -0.4 is 0 Å². The number of hydrogen-bond acceptors (Lipinski definition) is 1. The molecule has 0 N–H and O–H groups in total. The van der Waals surface area contributed by atoms with Crippen LogP contribution in [0.1, 0.15) is 47.0 Å². The zero-order valence-corrected chi connectivity index (χ0v) is 10.2. The molecule has 0 saturated carbocycles. The van der Waals surface area contributed by atoms with Gasteiger partial charge in [0.25, 0.3) is 0 Å². The predicted octanol–water partition coefficient (Wildman–Crippen LogP) is 3.67. The highest BCUT2D eigenvalue weighted by Crippen LogP contribution is 2.32. The van der Waals surface area contributed by atoms with Gasteiger partial charge in [0.2, 0.25) is 0 Å². The van der Waals surface area contributed by atoms with Crippen LogP contribution in [0.4, 0.5) is 0 Å². The molecule has 1 unspecified atom stereocenters. The standard InChI is InChI=1S/C13H25N/c1-6-7-11(4)14-9-13(10(2)3)8-12(14)5/h10-11,13H,5-9H2,1-4H3/t11-,13?/m0/s1. The molecule has 0 aliphatic carbocycles. The van der Waals surface area contributed by atoms with E-state index < -0.39 is 0 Å². The first kappa shape index (κ1) is 11.6. The maximum atomic E-state index is 4.20. The number of allylic oxidation sites excluding steroid dienone is 1. The third-order valence-corrected chi connectivity index (χ3v) is 3.52. The third-order valence-electron chi connectivity index (χ3n) is 3.52. The van der Waals surface area contributed by atoms with Gasteiger partial charge in [0.05, 0.1) is 0 Å². The molecule has 1 fully saturated rings. The fourth-order valence-electron chi connectivity index (χ4n) is 2.38. The zero-order chi connectivity index (χ0) is 10.7. The highest BCUT2D eigenvalue weighted by atomic mass is 15.2. The summed E-state index contributed by atoms with van der Waals surface area (Å²) in [6.07, 6.45) is 3.78. The molecule has 14 heavy (non-hydrogen) atoms. The first-order chi connectivity index (χ1) is 6.56. The second kappa shape index (κ2) is 4.86. The molecule has 0 aromatic rings. The van der Waals surface area contributed by atoms with E-state index in [0.29, 0.717) is 6.04 Å². The van der Waals surface area contributed by atoms with Crippen LogP contribution in [-0.2, 0) is 0 Å². The molecule has 82 valence electrons. The maximum absolute atomic E-state index is 4.20. The Morgan fingerprint density at radius 1 is 1.43 bits per heavy atom. The minimum absolute atomic E-state index is 0.691. The molecule has 1 rings (SSSR count). The molecule has 1 aliphatic rings. The van der Waals surface area contributed by atoms with Gasteiger partial charge < -0.3 is 4.90 Å². The van der Waals surface area contributed by atoms with Gasteiger partial charge in [-0.25, -0.2) is 0 Å². The second-order valence-electron chi connectivity index (χ2n) is 5.06. The van der Waals surface area contributed by atoms with Gasteiger partial charge in [-0.3, -0.25) is 0 Å². The summed E-state index contributed by atoms with van der Waals surface area (Å²) in [5, 5.41) is 0. The Morgan fingerprint density at radius 3 is 2.50 bits per heavy atom. The highest BCUT2D eigenvalue weighted by Gasteiger charge is 2.29. The van der Waals surface area contributed by atoms with Gasteiger partial charge in [0, 0.05) is 18.3 Å². The lowest BCUT2D eigenvalue weighted by Gasteiger charge is -2.27. The molecule has 0 aromatic carbocycles. The summed E-state index contributed by atoms with van der Waals surface area (Å²) in [6.45, 7) is 14.7. The summed E-state index contributed by atoms with van der Waals surface area (Å²) < 4.78 is 0. The van der Waals surface area contributed by atoms with E-state index in [1.807, 2.05) is 0 Å². The van der Waals surface area contributed by atoms with Crippen molar-refractivity contribution in [2.45, 2.75) is 53.0 Å². The van der Waals surface area contributed by atoms with Crippen LogP contribution in [0.3, 0.4) is 0 Å². The Balaban J connectivity index is 2.52. The topological polar surface area (TPSA) is 3.24 Å². The molecular formula is C13H25N. The fraction of sp³-hybridized carbons (Fsp3) is 0.846. The summed E-state index contributed by atoms with van der Waals surface area (Å²) in [5.74, 6) is 1.63. The van der Waals surface area contributed by atoms with Gasteiger partial charge in [0.1, 0.15) is 0 Å². The average molecular weight is 195 g/mol. The van der Waals surface area contributed by atoms with Gasteiger partial charge >= 0.3 is 0 Å². The van der Waals surface area contributed by atoms with Crippen molar-refractivity contribution in [1.82, 2.24) is 4.90 Å². The van der Waals surface area contributed by atoms with E-state index in [1.54, 1.807) is 0 Å². The highest BCUT2D eigenvalue weighted by molar-refractivity contribution is 5.05. The third kappa shape index (κ3) is 2.52. The van der Waals surface area contributed by atoms with Gasteiger partial charge in [0.15, 0.2) is 0 Å². The van der Waals surface area contributed by atoms with Crippen LogP contribution in [0, 0.1) is 11.8 Å². The van der Waals surface area contributed by atoms with Gasteiger partial charge in [-0.05, 0) is 31.6 Å². The number of hydrogen-bond donors (Lipinski definition) is 0. The van der Waals surface area contributed by atoms with Crippen LogP contribution in [0.25, 0.3) is 0 Å². The zero-order valence-electron chi connectivity index (χ0n) is 10.2. The van der Waals surface area contributed by atoms with Crippen molar-refractivity contribution < 1.29 is 0 Å². The molecule has 0 bridgehead atoms. The lowest BCUT2D eigenvalue weighted by Crippen LogP contribution is -2.30. The summed E-state index contributed by atoms with van der Waals surface area (Å²) in [7, 11) is 0. The van der Waals surface area contributed by atoms with Crippen molar-refractivity contribution >= 4 is 0 Å². The second-order valence-corrected chi connectivity index (χ2v) is 5.06. The molecule has 1 saturated heterocycles. The molecule has 1 heteroatoms. The minimum atomic E-state index is 0.691. The minimum Gasteiger partial charge on any atom is -0.372 e. The van der Waals surface area contributed by atoms with Crippen molar-refractivity contribution in [3.8, 4) is 0 Å². The van der Waals surface area contributed by atoms with Crippen molar-refractivity contribution in [2.24, 2.45) is 11.8 Å². The quantitative estimate of drug-likeness (QED) is 0.661. The van der Waals surface area contributed by atoms with E-state index in [4.69, 9.17) is 0 Å². The molecule has 1 aliphatic heterocycles. The van der Waals surface area contributed by atoms with E-state index in [-0.39, 0.29) is 0 Å². The number of nitrogens with zero attached hydrogens (tertiary/aromatic N) is 1. The molecule has 0 radical (unpaired) electrons. The van der Waals surface area contributed by atoms with Crippen LogP contribution in [0.5, 0.6) is 0 Å². The van der Waals surface area contributed by atoms with Crippen molar-refractivity contribution in [2.75, 3.05) is 6.54 Å². The molecule has 1 heterocycles. The van der Waals surface area contributed by atoms with Crippen molar-refractivity contribution in [1.29, 1.82) is 0 Å². The summed E-state index contributed by atoms with van der Waals surface area (Å²) in [5.41, 5.74) is 1.37. The molecule has 0 amide bonds. The fourth-order valence-corrected chi connectivity index (χ4v) is 2.38. The summed E-state index contributed by atoms with van der Waals surface area (Å²) in [6, 6.07) is 0.691. The Morgan fingerprint density at radius 2 is 2.07 bits per heavy atom. The Kier molecular flexibility index (Phi) is 4.03. The van der Waals surface area contributed by atoms with E-state index in [2.05, 4.69) is 39.2 Å². The predicted molar refractivity (Wildman–Crippen MR) is 63.2 cm³/mol. The first-order valence-corrected chi connectivity index (χ1v) is 6.00.